The van der Waals surface area contributed by atoms with Crippen molar-refractivity contribution in [2.75, 3.05) is 13.6 Å². The SMILES string of the molecule is CNCC=Cc1cc(Cl)ncc1F. The molecule has 0 amide bonds. The highest BCUT2D eigenvalue weighted by Crippen LogP contribution is 2.12. The lowest BCUT2D eigenvalue weighted by molar-refractivity contribution is 0.618. The molecular weight excluding hydrogens is 191 g/mol. The van der Waals surface area contributed by atoms with Crippen molar-refractivity contribution in [3.05, 3.63) is 34.9 Å². The number of nitrogens with one attached hydrogen (secondary N) is 1. The van der Waals surface area contributed by atoms with Gasteiger partial charge in [-0.3, -0.25) is 0 Å². The van der Waals surface area contributed by atoms with Crippen molar-refractivity contribution in [2.24, 2.45) is 0 Å². The van der Waals surface area contributed by atoms with Gasteiger partial charge in [0.15, 0.2) is 0 Å². The third-order valence-electron chi connectivity index (χ3n) is 1.47. The first-order valence-electron chi connectivity index (χ1n) is 3.86. The van der Waals surface area contributed by atoms with E-state index < -0.39 is 0 Å². The molecule has 0 fully saturated rings. The zero-order chi connectivity index (χ0) is 9.68. The van der Waals surface area contributed by atoms with E-state index >= 15 is 0 Å². The summed E-state index contributed by atoms with van der Waals surface area (Å²) < 4.78 is 13.0. The first-order valence-corrected chi connectivity index (χ1v) is 4.24. The second-order valence-corrected chi connectivity index (χ2v) is 2.88. The summed E-state index contributed by atoms with van der Waals surface area (Å²) in [5.74, 6) is -0.364. The Balaban J connectivity index is 2.81. The molecule has 0 spiro atoms. The summed E-state index contributed by atoms with van der Waals surface area (Å²) >= 11 is 5.60. The van der Waals surface area contributed by atoms with E-state index in [1.807, 2.05) is 13.1 Å². The fourth-order valence-electron chi connectivity index (χ4n) is 0.859. The Labute approximate surface area is 81.4 Å². The molecule has 0 saturated carbocycles. The topological polar surface area (TPSA) is 24.9 Å². The van der Waals surface area contributed by atoms with E-state index in [-0.39, 0.29) is 5.82 Å². The molecule has 13 heavy (non-hydrogen) atoms. The van der Waals surface area contributed by atoms with Gasteiger partial charge in [-0.1, -0.05) is 23.8 Å². The Bertz CT molecular complexity index is 312. The minimum absolute atomic E-state index is 0.297. The summed E-state index contributed by atoms with van der Waals surface area (Å²) in [6.45, 7) is 0.694. The highest BCUT2D eigenvalue weighted by atomic mass is 35.5. The monoisotopic (exact) mass is 200 g/mol. The van der Waals surface area contributed by atoms with Crippen molar-refractivity contribution < 1.29 is 4.39 Å². The van der Waals surface area contributed by atoms with E-state index in [0.717, 1.165) is 6.20 Å². The van der Waals surface area contributed by atoms with Crippen molar-refractivity contribution in [3.8, 4) is 0 Å². The summed E-state index contributed by atoms with van der Waals surface area (Å²) in [7, 11) is 1.82. The average molecular weight is 201 g/mol. The van der Waals surface area contributed by atoms with Crippen LogP contribution < -0.4 is 5.32 Å². The Hall–Kier alpha value is -0.930. The van der Waals surface area contributed by atoms with Gasteiger partial charge in [0, 0.05) is 12.1 Å². The standard InChI is InChI=1S/C9H10ClFN2/c1-12-4-2-3-7-5-9(10)13-6-8(7)11/h2-3,5-6,12H,4H2,1H3. The molecule has 1 heterocycles. The number of nitrogens with zero attached hydrogens (tertiary/aromatic N) is 1. The van der Waals surface area contributed by atoms with Gasteiger partial charge in [0.2, 0.25) is 0 Å². The molecule has 1 N–H and O–H groups in total. The molecule has 0 bridgehead atoms. The molecule has 70 valence electrons. The van der Waals surface area contributed by atoms with Gasteiger partial charge >= 0.3 is 0 Å². The third-order valence-corrected chi connectivity index (χ3v) is 1.68. The lowest BCUT2D eigenvalue weighted by atomic mass is 10.2. The minimum Gasteiger partial charge on any atom is -0.316 e. The second kappa shape index (κ2) is 4.94. The smallest absolute Gasteiger partial charge is 0.148 e. The fourth-order valence-corrected chi connectivity index (χ4v) is 1.03. The highest BCUT2D eigenvalue weighted by Gasteiger charge is 1.99. The Morgan fingerprint density at radius 2 is 2.46 bits per heavy atom. The maximum Gasteiger partial charge on any atom is 0.148 e. The van der Waals surface area contributed by atoms with Crippen LogP contribution in [-0.4, -0.2) is 18.6 Å². The number of halogens is 2. The first-order chi connectivity index (χ1) is 6.24. The van der Waals surface area contributed by atoms with Crippen LogP contribution in [0.1, 0.15) is 5.56 Å². The molecule has 2 nitrogen and oxygen atoms in total. The van der Waals surface area contributed by atoms with E-state index in [2.05, 4.69) is 10.3 Å². The predicted molar refractivity (Wildman–Crippen MR) is 52.2 cm³/mol. The van der Waals surface area contributed by atoms with Crippen molar-refractivity contribution in [1.82, 2.24) is 10.3 Å². The third kappa shape index (κ3) is 3.13. The Morgan fingerprint density at radius 3 is 3.15 bits per heavy atom. The average Bonchev–Trinajstić information content (AvgIpc) is 2.11. The van der Waals surface area contributed by atoms with Gasteiger partial charge in [0.05, 0.1) is 6.20 Å². The normalized spacial score (nSPS) is 11.0. The molecule has 1 aromatic heterocycles. The fraction of sp³-hybridized carbons (Fsp3) is 0.222. The van der Waals surface area contributed by atoms with Crippen LogP contribution in [0.15, 0.2) is 18.3 Å². The Kier molecular flexibility index (Phi) is 3.86. The van der Waals surface area contributed by atoms with Crippen molar-refractivity contribution in [2.45, 2.75) is 0 Å². The van der Waals surface area contributed by atoms with Crippen molar-refractivity contribution >= 4 is 17.7 Å². The van der Waals surface area contributed by atoms with E-state index in [1.54, 1.807) is 6.08 Å². The van der Waals surface area contributed by atoms with Crippen LogP contribution >= 0.6 is 11.6 Å². The quantitative estimate of drug-likeness (QED) is 0.756. The number of hydrogen-bond acceptors (Lipinski definition) is 2. The van der Waals surface area contributed by atoms with Crippen LogP contribution in [-0.2, 0) is 0 Å². The maximum atomic E-state index is 13.0. The molecular formula is C9H10ClFN2. The van der Waals surface area contributed by atoms with Crippen molar-refractivity contribution in [3.63, 3.8) is 0 Å². The molecule has 0 unspecified atom stereocenters. The summed E-state index contributed by atoms with van der Waals surface area (Å²) in [5.41, 5.74) is 0.454. The number of pyridine rings is 1. The summed E-state index contributed by atoms with van der Waals surface area (Å²) in [4.78, 5) is 3.61. The minimum atomic E-state index is -0.364. The lowest BCUT2D eigenvalue weighted by Crippen LogP contribution is -2.03. The zero-order valence-electron chi connectivity index (χ0n) is 7.22. The molecule has 0 radical (unpaired) electrons. The van der Waals surface area contributed by atoms with Gasteiger partial charge in [-0.25, -0.2) is 9.37 Å². The van der Waals surface area contributed by atoms with Crippen molar-refractivity contribution in [1.29, 1.82) is 0 Å². The van der Waals surface area contributed by atoms with Crippen LogP contribution in [0.2, 0.25) is 5.15 Å². The van der Waals surface area contributed by atoms with Gasteiger partial charge in [-0.15, -0.1) is 0 Å². The van der Waals surface area contributed by atoms with Crippen LogP contribution in [0.3, 0.4) is 0 Å². The molecule has 0 saturated heterocycles. The number of rotatable bonds is 3. The second-order valence-electron chi connectivity index (χ2n) is 2.49. The van der Waals surface area contributed by atoms with Gasteiger partial charge in [0.1, 0.15) is 11.0 Å². The Morgan fingerprint density at radius 1 is 1.69 bits per heavy atom. The van der Waals surface area contributed by atoms with E-state index in [1.165, 1.54) is 6.07 Å². The number of likely N-dealkylation sites (N-methyl/N-ethyl adjacent to an activating group) is 1. The van der Waals surface area contributed by atoms with Gasteiger partial charge < -0.3 is 5.32 Å². The summed E-state index contributed by atoms with van der Waals surface area (Å²) in [6.07, 6.45) is 4.59. The maximum absolute atomic E-state index is 13.0. The highest BCUT2D eigenvalue weighted by molar-refractivity contribution is 6.29. The zero-order valence-corrected chi connectivity index (χ0v) is 7.98. The molecule has 0 aromatic carbocycles. The van der Waals surface area contributed by atoms with Gasteiger partial charge in [-0.2, -0.15) is 0 Å². The van der Waals surface area contributed by atoms with E-state index in [0.29, 0.717) is 17.3 Å². The van der Waals surface area contributed by atoms with E-state index in [4.69, 9.17) is 11.6 Å². The van der Waals surface area contributed by atoms with Crippen LogP contribution in [0.25, 0.3) is 6.08 Å². The molecule has 0 aliphatic carbocycles. The first kappa shape index (κ1) is 10.2. The number of hydrogen-bond donors (Lipinski definition) is 1. The molecule has 4 heteroatoms. The van der Waals surface area contributed by atoms with E-state index in [9.17, 15) is 4.39 Å². The number of aromatic nitrogens is 1. The van der Waals surface area contributed by atoms with Gasteiger partial charge in [0.25, 0.3) is 0 Å². The molecule has 1 rings (SSSR count). The van der Waals surface area contributed by atoms with Crippen LogP contribution in [0.5, 0.6) is 0 Å². The largest absolute Gasteiger partial charge is 0.316 e. The van der Waals surface area contributed by atoms with Crippen LogP contribution in [0, 0.1) is 5.82 Å². The molecule has 0 atom stereocenters. The molecule has 0 aliphatic heterocycles. The molecule has 1 aromatic rings. The predicted octanol–water partition coefficient (Wildman–Crippen LogP) is 2.11. The summed E-state index contributed by atoms with van der Waals surface area (Å²) in [6, 6.07) is 1.49. The lowest BCUT2D eigenvalue weighted by Gasteiger charge is -1.96. The van der Waals surface area contributed by atoms with Gasteiger partial charge in [-0.05, 0) is 13.1 Å². The molecule has 0 aliphatic rings. The van der Waals surface area contributed by atoms with Crippen LogP contribution in [0.4, 0.5) is 4.39 Å². The summed E-state index contributed by atoms with van der Waals surface area (Å²) in [5, 5.41) is 3.21.